The van der Waals surface area contributed by atoms with Crippen LogP contribution in [-0.4, -0.2) is 16.9 Å². The summed E-state index contributed by atoms with van der Waals surface area (Å²) in [6, 6.07) is 10.6. The lowest BCUT2D eigenvalue weighted by molar-refractivity contribution is -0.119. The molecule has 0 radical (unpaired) electrons. The van der Waals surface area contributed by atoms with Gasteiger partial charge in [0.25, 0.3) is 5.91 Å². The predicted octanol–water partition coefficient (Wildman–Crippen LogP) is 4.38. The Balaban J connectivity index is 1.83. The van der Waals surface area contributed by atoms with Crippen LogP contribution in [0.3, 0.4) is 0 Å². The summed E-state index contributed by atoms with van der Waals surface area (Å²) < 4.78 is 5.21. The number of rotatable bonds is 10. The molecule has 6 nitrogen and oxygen atoms in total. The van der Waals surface area contributed by atoms with Crippen molar-refractivity contribution in [3.05, 3.63) is 54.0 Å². The Morgan fingerprint density at radius 2 is 1.82 bits per heavy atom. The molecule has 0 aliphatic carbocycles. The second-order valence-corrected chi connectivity index (χ2v) is 6.88. The molecule has 2 rings (SSSR count). The van der Waals surface area contributed by atoms with Gasteiger partial charge in [0.15, 0.2) is 5.11 Å². The van der Waals surface area contributed by atoms with Crippen molar-refractivity contribution in [1.82, 2.24) is 10.6 Å². The van der Waals surface area contributed by atoms with E-state index in [1.54, 1.807) is 42.7 Å². The Labute approximate surface area is 171 Å². The van der Waals surface area contributed by atoms with Crippen LogP contribution in [0.5, 0.6) is 0 Å². The fourth-order valence-electron chi connectivity index (χ4n) is 2.70. The first-order valence-corrected chi connectivity index (χ1v) is 10.0. The lowest BCUT2D eigenvalue weighted by atomic mass is 10.1. The molecule has 7 heteroatoms. The minimum absolute atomic E-state index is 0.117. The number of thiocarbonyl (C=S) groups is 1. The molecule has 1 aromatic heterocycles. The van der Waals surface area contributed by atoms with Gasteiger partial charge >= 0.3 is 0 Å². The number of anilines is 1. The zero-order chi connectivity index (χ0) is 20.2. The number of furan rings is 1. The molecule has 0 fully saturated rings. The summed E-state index contributed by atoms with van der Waals surface area (Å²) in [5.74, 6) is 0.291. The highest BCUT2D eigenvalue weighted by atomic mass is 32.1. The zero-order valence-electron chi connectivity index (χ0n) is 16.1. The van der Waals surface area contributed by atoms with Crippen molar-refractivity contribution in [3.63, 3.8) is 0 Å². The smallest absolute Gasteiger partial charge is 0.253 e. The van der Waals surface area contributed by atoms with Gasteiger partial charge in [0.05, 0.1) is 24.1 Å². The van der Waals surface area contributed by atoms with Gasteiger partial charge in [-0.3, -0.25) is 9.59 Å². The van der Waals surface area contributed by atoms with E-state index in [4.69, 9.17) is 16.6 Å². The predicted molar refractivity (Wildman–Crippen MR) is 114 cm³/mol. The first-order valence-electron chi connectivity index (χ1n) is 9.60. The molecule has 0 atom stereocenters. The molecule has 0 saturated heterocycles. The van der Waals surface area contributed by atoms with Crippen LogP contribution in [0.4, 0.5) is 5.69 Å². The van der Waals surface area contributed by atoms with Crippen molar-refractivity contribution in [2.45, 2.75) is 52.0 Å². The van der Waals surface area contributed by atoms with E-state index in [1.807, 2.05) is 0 Å². The molecule has 2 amide bonds. The van der Waals surface area contributed by atoms with Gasteiger partial charge in [0.1, 0.15) is 5.76 Å². The maximum atomic E-state index is 12.5. The minimum atomic E-state index is -0.260. The SMILES string of the molecule is CCCCCCCC(=O)NC(=S)Nc1ccccc1C(=O)NCc1ccco1. The largest absolute Gasteiger partial charge is 0.467 e. The maximum Gasteiger partial charge on any atom is 0.253 e. The number of unbranched alkanes of at least 4 members (excludes halogenated alkanes) is 4. The van der Waals surface area contributed by atoms with E-state index in [0.717, 1.165) is 19.3 Å². The number of nitrogens with one attached hydrogen (secondary N) is 3. The quantitative estimate of drug-likeness (QED) is 0.406. The van der Waals surface area contributed by atoms with Crippen LogP contribution in [0.1, 0.15) is 61.6 Å². The van der Waals surface area contributed by atoms with Crippen molar-refractivity contribution in [2.75, 3.05) is 5.32 Å². The molecule has 0 spiro atoms. The summed E-state index contributed by atoms with van der Waals surface area (Å²) in [5, 5.41) is 8.60. The monoisotopic (exact) mass is 401 g/mol. The number of hydrogen-bond donors (Lipinski definition) is 3. The van der Waals surface area contributed by atoms with Gasteiger partial charge in [-0.15, -0.1) is 0 Å². The van der Waals surface area contributed by atoms with Crippen LogP contribution in [0.2, 0.25) is 0 Å². The van der Waals surface area contributed by atoms with Crippen molar-refractivity contribution in [2.24, 2.45) is 0 Å². The average Bonchev–Trinajstić information content (AvgIpc) is 3.20. The highest BCUT2D eigenvalue weighted by molar-refractivity contribution is 7.80. The van der Waals surface area contributed by atoms with Gasteiger partial charge in [-0.1, -0.05) is 44.7 Å². The number of carbonyl (C=O) groups is 2. The summed E-state index contributed by atoms with van der Waals surface area (Å²) in [6.45, 7) is 2.45. The molecular weight excluding hydrogens is 374 g/mol. The topological polar surface area (TPSA) is 83.4 Å². The second kappa shape index (κ2) is 11.9. The van der Waals surface area contributed by atoms with Crippen LogP contribution >= 0.6 is 12.2 Å². The Morgan fingerprint density at radius 1 is 1.04 bits per heavy atom. The Morgan fingerprint density at radius 3 is 2.57 bits per heavy atom. The van der Waals surface area contributed by atoms with E-state index in [9.17, 15) is 9.59 Å². The Hall–Kier alpha value is -2.67. The molecule has 28 heavy (non-hydrogen) atoms. The van der Waals surface area contributed by atoms with Crippen LogP contribution < -0.4 is 16.0 Å². The number of amides is 2. The van der Waals surface area contributed by atoms with E-state index < -0.39 is 0 Å². The van der Waals surface area contributed by atoms with Crippen LogP contribution in [0.25, 0.3) is 0 Å². The summed E-state index contributed by atoms with van der Waals surface area (Å²) in [5.41, 5.74) is 0.970. The summed E-state index contributed by atoms with van der Waals surface area (Å²) in [6.07, 6.45) is 7.40. The van der Waals surface area contributed by atoms with Crippen LogP contribution in [-0.2, 0) is 11.3 Å². The first-order chi connectivity index (χ1) is 13.6. The third kappa shape index (κ3) is 7.52. The third-order valence-corrected chi connectivity index (χ3v) is 4.39. The Kier molecular flexibility index (Phi) is 9.21. The molecule has 0 bridgehead atoms. The third-order valence-electron chi connectivity index (χ3n) is 4.18. The molecular formula is C21H27N3O3S. The summed E-state index contributed by atoms with van der Waals surface area (Å²) in [4.78, 5) is 24.5. The molecule has 0 aliphatic heterocycles. The van der Waals surface area contributed by atoms with Crippen molar-refractivity contribution >= 4 is 34.8 Å². The molecule has 0 aliphatic rings. The number of carbonyl (C=O) groups excluding carboxylic acids is 2. The second-order valence-electron chi connectivity index (χ2n) is 6.47. The average molecular weight is 402 g/mol. The maximum absolute atomic E-state index is 12.5. The van der Waals surface area contributed by atoms with Gasteiger partial charge in [0.2, 0.25) is 5.91 Å². The van der Waals surface area contributed by atoms with Crippen molar-refractivity contribution in [3.8, 4) is 0 Å². The highest BCUT2D eigenvalue weighted by Gasteiger charge is 2.13. The number of benzene rings is 1. The summed E-state index contributed by atoms with van der Waals surface area (Å²) in [7, 11) is 0. The lowest BCUT2D eigenvalue weighted by Gasteiger charge is -2.13. The minimum Gasteiger partial charge on any atom is -0.467 e. The van der Waals surface area contributed by atoms with Crippen molar-refractivity contribution < 1.29 is 14.0 Å². The van der Waals surface area contributed by atoms with Gasteiger partial charge in [-0.25, -0.2) is 0 Å². The van der Waals surface area contributed by atoms with E-state index in [-0.39, 0.29) is 16.9 Å². The molecule has 1 aromatic carbocycles. The fourth-order valence-corrected chi connectivity index (χ4v) is 2.92. The summed E-state index contributed by atoms with van der Waals surface area (Å²) >= 11 is 5.22. The van der Waals surface area contributed by atoms with Gasteiger partial charge in [-0.2, -0.15) is 0 Å². The molecule has 0 saturated carbocycles. The molecule has 150 valence electrons. The highest BCUT2D eigenvalue weighted by Crippen LogP contribution is 2.15. The van der Waals surface area contributed by atoms with E-state index >= 15 is 0 Å². The van der Waals surface area contributed by atoms with E-state index in [0.29, 0.717) is 30.0 Å². The van der Waals surface area contributed by atoms with Crippen molar-refractivity contribution in [1.29, 1.82) is 0 Å². The van der Waals surface area contributed by atoms with Gasteiger partial charge in [0, 0.05) is 6.42 Å². The standard InChI is InChI=1S/C21H27N3O3S/c1-2-3-4-5-6-13-19(25)24-21(28)23-18-12-8-7-11-17(18)20(26)22-15-16-10-9-14-27-16/h7-12,14H,2-6,13,15H2,1H3,(H,22,26)(H2,23,24,25,28). The number of para-hydroxylation sites is 1. The molecule has 3 N–H and O–H groups in total. The van der Waals surface area contributed by atoms with E-state index in [1.165, 1.54) is 12.8 Å². The lowest BCUT2D eigenvalue weighted by Crippen LogP contribution is -2.34. The number of hydrogen-bond acceptors (Lipinski definition) is 4. The fraction of sp³-hybridized carbons (Fsp3) is 0.381. The van der Waals surface area contributed by atoms with Crippen LogP contribution in [0.15, 0.2) is 47.1 Å². The first kappa shape index (κ1) is 21.6. The molecule has 1 heterocycles. The molecule has 0 unspecified atom stereocenters. The Bertz CT molecular complexity index is 775. The van der Waals surface area contributed by atoms with Gasteiger partial charge < -0.3 is 20.4 Å². The van der Waals surface area contributed by atoms with Crippen LogP contribution in [0, 0.1) is 0 Å². The normalized spacial score (nSPS) is 10.3. The van der Waals surface area contributed by atoms with E-state index in [2.05, 4.69) is 22.9 Å². The van der Waals surface area contributed by atoms with Gasteiger partial charge in [-0.05, 0) is 42.9 Å². The molecule has 2 aromatic rings. The zero-order valence-corrected chi connectivity index (χ0v) is 16.9.